The third-order valence-corrected chi connectivity index (χ3v) is 3.93. The number of nitrogens with two attached hydrogens (primary N) is 1. The van der Waals surface area contributed by atoms with E-state index in [1.165, 1.54) is 24.0 Å². The normalized spacial score (nSPS) is 16.9. The molecule has 0 saturated heterocycles. The summed E-state index contributed by atoms with van der Waals surface area (Å²) in [5.74, 6) is 0.666. The summed E-state index contributed by atoms with van der Waals surface area (Å²) in [4.78, 5) is 2.61. The molecule has 1 saturated carbocycles. The van der Waals surface area contributed by atoms with Crippen LogP contribution < -0.4 is 5.73 Å². The van der Waals surface area contributed by atoms with E-state index in [2.05, 4.69) is 43.0 Å². The first-order valence-electron chi connectivity index (χ1n) is 7.70. The second-order valence-electron chi connectivity index (χ2n) is 6.21. The lowest BCUT2D eigenvalue weighted by Crippen LogP contribution is -2.38. The summed E-state index contributed by atoms with van der Waals surface area (Å²) < 4.78 is 5.34. The molecule has 0 spiro atoms. The Morgan fingerprint density at radius 2 is 2.00 bits per heavy atom. The van der Waals surface area contributed by atoms with Crippen LogP contribution in [0.4, 0.5) is 0 Å². The lowest BCUT2D eigenvalue weighted by molar-refractivity contribution is 0.159. The monoisotopic (exact) mass is 276 g/mol. The highest BCUT2D eigenvalue weighted by Gasteiger charge is 2.34. The zero-order chi connectivity index (χ0) is 14.5. The zero-order valence-electron chi connectivity index (χ0n) is 13.0. The second-order valence-corrected chi connectivity index (χ2v) is 6.21. The van der Waals surface area contributed by atoms with E-state index in [1.54, 1.807) is 7.11 Å². The van der Waals surface area contributed by atoms with Gasteiger partial charge in [0.05, 0.1) is 6.61 Å². The Morgan fingerprint density at radius 3 is 2.55 bits per heavy atom. The number of methoxy groups -OCH3 is 1. The summed E-state index contributed by atoms with van der Waals surface area (Å²) in [5, 5.41) is 0. The summed E-state index contributed by atoms with van der Waals surface area (Å²) in [6.45, 7) is 7.01. The van der Waals surface area contributed by atoms with Gasteiger partial charge in [-0.3, -0.25) is 4.90 Å². The lowest BCUT2D eigenvalue weighted by Gasteiger charge is -2.34. The van der Waals surface area contributed by atoms with Crippen LogP contribution in [0.5, 0.6) is 0 Å². The van der Waals surface area contributed by atoms with Crippen molar-refractivity contribution in [2.75, 3.05) is 20.2 Å². The van der Waals surface area contributed by atoms with Crippen LogP contribution in [0.1, 0.15) is 43.9 Å². The van der Waals surface area contributed by atoms with Gasteiger partial charge < -0.3 is 10.5 Å². The largest absolute Gasteiger partial charge is 0.380 e. The highest BCUT2D eigenvalue weighted by atomic mass is 16.5. The molecule has 0 heterocycles. The minimum Gasteiger partial charge on any atom is -0.380 e. The molecule has 1 aliphatic carbocycles. The number of nitrogens with zero attached hydrogens (tertiary/aromatic N) is 1. The van der Waals surface area contributed by atoms with Crippen LogP contribution in [-0.2, 0) is 11.3 Å². The molecule has 3 heteroatoms. The van der Waals surface area contributed by atoms with Crippen LogP contribution in [0.15, 0.2) is 24.3 Å². The molecule has 112 valence electrons. The summed E-state index contributed by atoms with van der Waals surface area (Å²) in [5.41, 5.74) is 8.73. The van der Waals surface area contributed by atoms with E-state index in [4.69, 9.17) is 10.5 Å². The van der Waals surface area contributed by atoms with Crippen molar-refractivity contribution >= 4 is 0 Å². The fraction of sp³-hybridized carbons (Fsp3) is 0.647. The topological polar surface area (TPSA) is 38.5 Å². The van der Waals surface area contributed by atoms with Crippen LogP contribution in [0.25, 0.3) is 0 Å². The van der Waals surface area contributed by atoms with Crippen molar-refractivity contribution < 1.29 is 4.74 Å². The summed E-state index contributed by atoms with van der Waals surface area (Å²) >= 11 is 0. The highest BCUT2D eigenvalue weighted by Crippen LogP contribution is 2.35. The fourth-order valence-electron chi connectivity index (χ4n) is 2.95. The summed E-state index contributed by atoms with van der Waals surface area (Å²) in [6, 6.07) is 9.59. The van der Waals surface area contributed by atoms with Crippen LogP contribution in [-0.4, -0.2) is 31.1 Å². The standard InChI is InChI=1S/C17H28N2O/c1-13(2)11-19(15-8-9-15)17(10-18)16-7-5-4-6-14(16)12-20-3/h4-7,13,15,17H,8-12,18H2,1-3H3. The van der Waals surface area contributed by atoms with Gasteiger partial charge in [-0.15, -0.1) is 0 Å². The van der Waals surface area contributed by atoms with E-state index in [1.807, 2.05) is 0 Å². The van der Waals surface area contributed by atoms with Crippen molar-refractivity contribution in [2.45, 2.75) is 45.4 Å². The number of ether oxygens (including phenoxy) is 1. The van der Waals surface area contributed by atoms with Crippen molar-refractivity contribution in [3.8, 4) is 0 Å². The van der Waals surface area contributed by atoms with E-state index in [-0.39, 0.29) is 0 Å². The number of hydrogen-bond acceptors (Lipinski definition) is 3. The number of rotatable bonds is 8. The first kappa shape index (κ1) is 15.5. The van der Waals surface area contributed by atoms with E-state index >= 15 is 0 Å². The van der Waals surface area contributed by atoms with Gasteiger partial charge in [0.2, 0.25) is 0 Å². The van der Waals surface area contributed by atoms with Crippen molar-refractivity contribution in [1.29, 1.82) is 0 Å². The molecule has 1 atom stereocenters. The summed E-state index contributed by atoms with van der Waals surface area (Å²) in [6.07, 6.45) is 2.63. The van der Waals surface area contributed by atoms with Gasteiger partial charge in [-0.25, -0.2) is 0 Å². The minimum absolute atomic E-state index is 0.316. The maximum atomic E-state index is 6.13. The van der Waals surface area contributed by atoms with Gasteiger partial charge in [-0.1, -0.05) is 38.1 Å². The van der Waals surface area contributed by atoms with Crippen molar-refractivity contribution in [1.82, 2.24) is 4.90 Å². The smallest absolute Gasteiger partial charge is 0.0716 e. The van der Waals surface area contributed by atoms with E-state index in [9.17, 15) is 0 Å². The molecular formula is C17H28N2O. The average Bonchev–Trinajstić information content (AvgIpc) is 3.24. The molecule has 1 aromatic rings. The molecular weight excluding hydrogens is 248 g/mol. The van der Waals surface area contributed by atoms with Gasteiger partial charge in [-0.05, 0) is 29.9 Å². The Balaban J connectivity index is 2.25. The Morgan fingerprint density at radius 1 is 1.30 bits per heavy atom. The van der Waals surface area contributed by atoms with Crippen molar-refractivity contribution in [3.63, 3.8) is 0 Å². The molecule has 20 heavy (non-hydrogen) atoms. The van der Waals surface area contributed by atoms with E-state index < -0.39 is 0 Å². The SMILES string of the molecule is COCc1ccccc1C(CN)N(CC(C)C)C1CC1. The van der Waals surface area contributed by atoms with E-state index in [0.29, 0.717) is 25.1 Å². The van der Waals surface area contributed by atoms with Gasteiger partial charge >= 0.3 is 0 Å². The first-order chi connectivity index (χ1) is 9.67. The zero-order valence-corrected chi connectivity index (χ0v) is 13.0. The molecule has 2 N–H and O–H groups in total. The Kier molecular flexibility index (Phi) is 5.58. The lowest BCUT2D eigenvalue weighted by atomic mass is 9.98. The van der Waals surface area contributed by atoms with Crippen molar-refractivity contribution in [2.24, 2.45) is 11.7 Å². The minimum atomic E-state index is 0.316. The molecule has 1 aromatic carbocycles. The van der Waals surface area contributed by atoms with Crippen LogP contribution in [0.2, 0.25) is 0 Å². The molecule has 1 unspecified atom stereocenters. The van der Waals surface area contributed by atoms with Crippen molar-refractivity contribution in [3.05, 3.63) is 35.4 Å². The maximum Gasteiger partial charge on any atom is 0.0716 e. The number of benzene rings is 1. The van der Waals surface area contributed by atoms with Crippen LogP contribution >= 0.6 is 0 Å². The predicted molar refractivity (Wildman–Crippen MR) is 83.5 cm³/mol. The Labute approximate surface area is 123 Å². The van der Waals surface area contributed by atoms with Gasteiger partial charge in [-0.2, -0.15) is 0 Å². The number of hydrogen-bond donors (Lipinski definition) is 1. The van der Waals surface area contributed by atoms with Gasteiger partial charge in [0.1, 0.15) is 0 Å². The van der Waals surface area contributed by atoms with E-state index in [0.717, 1.165) is 12.6 Å². The molecule has 1 fully saturated rings. The van der Waals surface area contributed by atoms with Gasteiger partial charge in [0, 0.05) is 32.3 Å². The van der Waals surface area contributed by atoms with Gasteiger partial charge in [0.15, 0.2) is 0 Å². The second kappa shape index (κ2) is 7.21. The Bertz CT molecular complexity index is 415. The third kappa shape index (κ3) is 3.81. The molecule has 0 radical (unpaired) electrons. The van der Waals surface area contributed by atoms with Crippen LogP contribution in [0.3, 0.4) is 0 Å². The molecule has 2 rings (SSSR count). The molecule has 0 bridgehead atoms. The third-order valence-electron chi connectivity index (χ3n) is 3.93. The summed E-state index contributed by atoms with van der Waals surface area (Å²) in [7, 11) is 1.75. The molecule has 0 aromatic heterocycles. The Hall–Kier alpha value is -0.900. The first-order valence-corrected chi connectivity index (χ1v) is 7.70. The molecule has 0 aliphatic heterocycles. The highest BCUT2D eigenvalue weighted by molar-refractivity contribution is 5.30. The molecule has 3 nitrogen and oxygen atoms in total. The fourth-order valence-corrected chi connectivity index (χ4v) is 2.95. The molecule has 1 aliphatic rings. The average molecular weight is 276 g/mol. The van der Waals surface area contributed by atoms with Gasteiger partial charge in [0.25, 0.3) is 0 Å². The predicted octanol–water partition coefficient (Wildman–Crippen LogP) is 2.95. The van der Waals surface area contributed by atoms with Crippen LogP contribution in [0, 0.1) is 5.92 Å². The quantitative estimate of drug-likeness (QED) is 0.793. The molecule has 0 amide bonds. The maximum absolute atomic E-state index is 6.13.